The molecule has 0 bridgehead atoms. The van der Waals surface area contributed by atoms with Crippen molar-refractivity contribution in [3.8, 4) is 0 Å². The molecule has 0 amide bonds. The van der Waals surface area contributed by atoms with Crippen molar-refractivity contribution in [2.75, 3.05) is 0 Å². The van der Waals surface area contributed by atoms with Crippen molar-refractivity contribution >= 4 is 0 Å². The predicted octanol–water partition coefficient (Wildman–Crippen LogP) is 1.97. The molecule has 0 radical (unpaired) electrons. The third-order valence-electron chi connectivity index (χ3n) is 2.32. The van der Waals surface area contributed by atoms with Crippen molar-refractivity contribution in [1.82, 2.24) is 0 Å². The number of aliphatic hydroxyl groups excluding tert-OH is 1. The van der Waals surface area contributed by atoms with Gasteiger partial charge in [0, 0.05) is 11.6 Å². The van der Waals surface area contributed by atoms with Crippen LogP contribution in [0.25, 0.3) is 0 Å². The van der Waals surface area contributed by atoms with Crippen LogP contribution in [0, 0.1) is 11.7 Å². The number of hydrogen-bond acceptors (Lipinski definition) is 2. The molecule has 3 N–H and O–H groups in total. The summed E-state index contributed by atoms with van der Waals surface area (Å²) in [4.78, 5) is 0. The highest BCUT2D eigenvalue weighted by atomic mass is 19.1. The van der Waals surface area contributed by atoms with Gasteiger partial charge < -0.3 is 10.8 Å². The second-order valence-electron chi connectivity index (χ2n) is 3.78. The minimum absolute atomic E-state index is 0.0852. The van der Waals surface area contributed by atoms with Gasteiger partial charge in [0.2, 0.25) is 0 Å². The van der Waals surface area contributed by atoms with Crippen molar-refractivity contribution in [2.45, 2.75) is 26.5 Å². The summed E-state index contributed by atoms with van der Waals surface area (Å²) in [5, 5.41) is 8.91. The lowest BCUT2D eigenvalue weighted by atomic mass is 9.95. The molecular weight excluding hydrogens is 181 g/mol. The van der Waals surface area contributed by atoms with E-state index in [0.717, 1.165) is 0 Å². The molecule has 0 heterocycles. The lowest BCUT2D eigenvalue weighted by Crippen LogP contribution is -2.18. The molecule has 0 aliphatic rings. The molecular formula is C11H16FNO. The zero-order chi connectivity index (χ0) is 10.7. The monoisotopic (exact) mass is 197 g/mol. The molecule has 0 aliphatic heterocycles. The number of benzene rings is 1. The van der Waals surface area contributed by atoms with Gasteiger partial charge in [-0.15, -0.1) is 0 Å². The SMILES string of the molecule is CC(C)C(N)c1cc(CO)ccc1F. The van der Waals surface area contributed by atoms with E-state index in [9.17, 15) is 4.39 Å². The van der Waals surface area contributed by atoms with E-state index >= 15 is 0 Å². The molecule has 78 valence electrons. The van der Waals surface area contributed by atoms with Crippen LogP contribution in [0.1, 0.15) is 31.0 Å². The molecule has 1 rings (SSSR count). The maximum Gasteiger partial charge on any atom is 0.128 e. The van der Waals surface area contributed by atoms with Crippen LogP contribution in [-0.4, -0.2) is 5.11 Å². The third kappa shape index (κ3) is 2.30. The second-order valence-corrected chi connectivity index (χ2v) is 3.78. The van der Waals surface area contributed by atoms with Crippen molar-refractivity contribution in [3.63, 3.8) is 0 Å². The Morgan fingerprint density at radius 2 is 2.07 bits per heavy atom. The van der Waals surface area contributed by atoms with Crippen LogP contribution in [0.5, 0.6) is 0 Å². The van der Waals surface area contributed by atoms with Gasteiger partial charge in [0.25, 0.3) is 0 Å². The summed E-state index contributed by atoms with van der Waals surface area (Å²) in [6.45, 7) is 3.80. The summed E-state index contributed by atoms with van der Waals surface area (Å²) in [5.74, 6) is -0.123. The average Bonchev–Trinajstić information content (AvgIpc) is 2.17. The Kier molecular flexibility index (Phi) is 3.61. The first-order chi connectivity index (χ1) is 6.56. The second kappa shape index (κ2) is 4.53. The zero-order valence-electron chi connectivity index (χ0n) is 8.50. The average molecular weight is 197 g/mol. The van der Waals surface area contributed by atoms with Crippen LogP contribution in [-0.2, 0) is 6.61 Å². The minimum Gasteiger partial charge on any atom is -0.392 e. The van der Waals surface area contributed by atoms with E-state index in [4.69, 9.17) is 10.8 Å². The van der Waals surface area contributed by atoms with Crippen LogP contribution >= 0.6 is 0 Å². The molecule has 14 heavy (non-hydrogen) atoms. The Morgan fingerprint density at radius 3 is 2.57 bits per heavy atom. The van der Waals surface area contributed by atoms with Gasteiger partial charge in [-0.1, -0.05) is 19.9 Å². The van der Waals surface area contributed by atoms with Crippen molar-refractivity contribution in [2.24, 2.45) is 11.7 Å². The Morgan fingerprint density at radius 1 is 1.43 bits per heavy atom. The zero-order valence-corrected chi connectivity index (χ0v) is 8.50. The van der Waals surface area contributed by atoms with Gasteiger partial charge in [-0.3, -0.25) is 0 Å². The lowest BCUT2D eigenvalue weighted by molar-refractivity contribution is 0.281. The van der Waals surface area contributed by atoms with Crippen molar-refractivity contribution in [1.29, 1.82) is 0 Å². The molecule has 1 aromatic carbocycles. The molecule has 0 aliphatic carbocycles. The van der Waals surface area contributed by atoms with E-state index in [0.29, 0.717) is 11.1 Å². The van der Waals surface area contributed by atoms with Crippen LogP contribution in [0.3, 0.4) is 0 Å². The lowest BCUT2D eigenvalue weighted by Gasteiger charge is -2.17. The summed E-state index contributed by atoms with van der Waals surface area (Å²) in [6, 6.07) is 4.22. The predicted molar refractivity (Wildman–Crippen MR) is 54.1 cm³/mol. The highest BCUT2D eigenvalue weighted by Gasteiger charge is 2.15. The molecule has 1 atom stereocenters. The van der Waals surface area contributed by atoms with E-state index < -0.39 is 0 Å². The van der Waals surface area contributed by atoms with Crippen LogP contribution in [0.4, 0.5) is 4.39 Å². The minimum atomic E-state index is -0.318. The normalized spacial score (nSPS) is 13.3. The first-order valence-electron chi connectivity index (χ1n) is 4.71. The molecule has 3 heteroatoms. The summed E-state index contributed by atoms with van der Waals surface area (Å²) >= 11 is 0. The molecule has 0 saturated carbocycles. The number of aliphatic hydroxyl groups is 1. The third-order valence-corrected chi connectivity index (χ3v) is 2.32. The Bertz CT molecular complexity index is 312. The molecule has 1 aromatic rings. The van der Waals surface area contributed by atoms with E-state index in [1.807, 2.05) is 13.8 Å². The number of hydrogen-bond donors (Lipinski definition) is 2. The van der Waals surface area contributed by atoms with E-state index in [-0.39, 0.29) is 24.4 Å². The highest BCUT2D eigenvalue weighted by Crippen LogP contribution is 2.22. The van der Waals surface area contributed by atoms with Gasteiger partial charge in [-0.05, 0) is 23.6 Å². The maximum atomic E-state index is 13.4. The van der Waals surface area contributed by atoms with E-state index in [2.05, 4.69) is 0 Å². The van der Waals surface area contributed by atoms with Gasteiger partial charge in [0.05, 0.1) is 6.61 Å². The summed E-state index contributed by atoms with van der Waals surface area (Å²) in [6.07, 6.45) is 0. The summed E-state index contributed by atoms with van der Waals surface area (Å²) in [7, 11) is 0. The van der Waals surface area contributed by atoms with Gasteiger partial charge in [0.1, 0.15) is 5.82 Å². The molecule has 1 unspecified atom stereocenters. The molecule has 0 saturated heterocycles. The molecule has 0 aromatic heterocycles. The molecule has 0 fully saturated rings. The number of nitrogens with two attached hydrogens (primary N) is 1. The number of rotatable bonds is 3. The van der Waals surface area contributed by atoms with Gasteiger partial charge in [0.15, 0.2) is 0 Å². The maximum absolute atomic E-state index is 13.4. The summed E-state index contributed by atoms with van der Waals surface area (Å²) in [5.41, 5.74) is 7.01. The van der Waals surface area contributed by atoms with Gasteiger partial charge in [-0.25, -0.2) is 4.39 Å². The van der Waals surface area contributed by atoms with Gasteiger partial charge >= 0.3 is 0 Å². The Hall–Kier alpha value is -0.930. The van der Waals surface area contributed by atoms with Crippen molar-refractivity contribution < 1.29 is 9.50 Å². The van der Waals surface area contributed by atoms with Crippen LogP contribution in [0.2, 0.25) is 0 Å². The van der Waals surface area contributed by atoms with Gasteiger partial charge in [-0.2, -0.15) is 0 Å². The molecule has 2 nitrogen and oxygen atoms in total. The quantitative estimate of drug-likeness (QED) is 0.778. The fourth-order valence-electron chi connectivity index (χ4n) is 1.31. The van der Waals surface area contributed by atoms with E-state index in [1.54, 1.807) is 12.1 Å². The van der Waals surface area contributed by atoms with Crippen LogP contribution in [0.15, 0.2) is 18.2 Å². The number of halogens is 1. The summed E-state index contributed by atoms with van der Waals surface area (Å²) < 4.78 is 13.4. The fraction of sp³-hybridized carbons (Fsp3) is 0.455. The van der Waals surface area contributed by atoms with Crippen molar-refractivity contribution in [3.05, 3.63) is 35.1 Å². The first-order valence-corrected chi connectivity index (χ1v) is 4.71. The smallest absolute Gasteiger partial charge is 0.128 e. The van der Waals surface area contributed by atoms with E-state index in [1.165, 1.54) is 6.07 Å². The van der Waals surface area contributed by atoms with Crippen LogP contribution < -0.4 is 5.73 Å². The highest BCUT2D eigenvalue weighted by molar-refractivity contribution is 5.27. The topological polar surface area (TPSA) is 46.2 Å². The fourth-order valence-corrected chi connectivity index (χ4v) is 1.31. The standard InChI is InChI=1S/C11H16FNO/c1-7(2)11(13)9-5-8(6-14)3-4-10(9)12/h3-5,7,11,14H,6,13H2,1-2H3. The largest absolute Gasteiger partial charge is 0.392 e. The Labute approximate surface area is 83.6 Å². The first kappa shape index (κ1) is 11.1. The molecule has 0 spiro atoms. The Balaban J connectivity index is 3.05.